The van der Waals surface area contributed by atoms with Crippen molar-refractivity contribution in [2.75, 3.05) is 33.4 Å². The molecule has 1 atom stereocenters. The molecule has 216 valence electrons. The summed E-state index contributed by atoms with van der Waals surface area (Å²) in [6.07, 6.45) is 3.41. The van der Waals surface area contributed by atoms with E-state index in [0.717, 1.165) is 49.7 Å². The van der Waals surface area contributed by atoms with Crippen molar-refractivity contribution < 1.29 is 24.0 Å². The zero-order chi connectivity index (χ0) is 29.3. The Labute approximate surface area is 243 Å². The van der Waals surface area contributed by atoms with E-state index in [-0.39, 0.29) is 17.8 Å². The van der Waals surface area contributed by atoms with Crippen molar-refractivity contribution in [1.82, 2.24) is 30.5 Å². The number of carbonyl (C=O) groups excluding carboxylic acids is 3. The number of nitrogens with one attached hydrogen (secondary N) is 2. The molecule has 4 aromatic rings. The predicted octanol–water partition coefficient (Wildman–Crippen LogP) is 2.35. The number of rotatable bonds is 11. The Morgan fingerprint density at radius 1 is 0.952 bits per heavy atom. The molecule has 1 fully saturated rings. The second-order valence-corrected chi connectivity index (χ2v) is 9.82. The molecule has 1 aliphatic rings. The van der Waals surface area contributed by atoms with Crippen LogP contribution in [0.4, 0.5) is 0 Å². The third-order valence-electron chi connectivity index (χ3n) is 6.92. The van der Waals surface area contributed by atoms with Gasteiger partial charge in [0, 0.05) is 44.0 Å². The minimum Gasteiger partial charge on any atom is -0.379 e. The summed E-state index contributed by atoms with van der Waals surface area (Å²) in [5, 5.41) is 7.38. The number of benzene rings is 2. The fourth-order valence-electron chi connectivity index (χ4n) is 4.75. The fourth-order valence-corrected chi connectivity index (χ4v) is 4.75. The van der Waals surface area contributed by atoms with Crippen LogP contribution in [0.1, 0.15) is 21.5 Å². The summed E-state index contributed by atoms with van der Waals surface area (Å²) in [5.41, 5.74) is 5.87. The number of aromatic nitrogens is 3. The van der Waals surface area contributed by atoms with E-state index < -0.39 is 23.6 Å². The SMILES string of the molecule is CONC(=O)C(=O)[C@@H](Cc1ccccc1)NC(=O)c1cccnc1-n1ccc(-c2ccc(CN3CCOCC3)cc2)n1. The van der Waals surface area contributed by atoms with Crippen molar-refractivity contribution in [1.29, 1.82) is 0 Å². The fraction of sp³-hybridized carbons (Fsp3) is 0.258. The van der Waals surface area contributed by atoms with Crippen molar-refractivity contribution in [3.8, 4) is 17.1 Å². The average molecular weight is 569 g/mol. The van der Waals surface area contributed by atoms with Gasteiger partial charge in [-0.05, 0) is 29.3 Å². The summed E-state index contributed by atoms with van der Waals surface area (Å²) in [4.78, 5) is 50.0. The van der Waals surface area contributed by atoms with Gasteiger partial charge in [-0.15, -0.1) is 0 Å². The number of amides is 2. The number of Topliss-reactive ketones (excluding diaryl/α,β-unsaturated/α-hetero) is 1. The number of morpholine rings is 1. The lowest BCUT2D eigenvalue weighted by Crippen LogP contribution is -2.48. The number of hydrogen-bond acceptors (Lipinski definition) is 8. The first-order valence-electron chi connectivity index (χ1n) is 13.6. The highest BCUT2D eigenvalue weighted by atomic mass is 16.6. The van der Waals surface area contributed by atoms with Crippen LogP contribution in [0, 0.1) is 0 Å². The monoisotopic (exact) mass is 568 g/mol. The Morgan fingerprint density at radius 3 is 2.45 bits per heavy atom. The van der Waals surface area contributed by atoms with Gasteiger partial charge >= 0.3 is 5.91 Å². The Bertz CT molecular complexity index is 1520. The molecular formula is C31H32N6O5. The quantitative estimate of drug-likeness (QED) is 0.209. The first kappa shape index (κ1) is 28.8. The first-order chi connectivity index (χ1) is 20.5. The van der Waals surface area contributed by atoms with Gasteiger partial charge in [0.05, 0.1) is 31.6 Å². The smallest absolute Gasteiger partial charge is 0.313 e. The van der Waals surface area contributed by atoms with Gasteiger partial charge in [-0.3, -0.25) is 24.1 Å². The summed E-state index contributed by atoms with van der Waals surface area (Å²) < 4.78 is 6.96. The Kier molecular flexibility index (Phi) is 9.44. The Balaban J connectivity index is 1.33. The molecule has 2 amide bonds. The summed E-state index contributed by atoms with van der Waals surface area (Å²) >= 11 is 0. The van der Waals surface area contributed by atoms with E-state index in [1.807, 2.05) is 54.0 Å². The van der Waals surface area contributed by atoms with Gasteiger partial charge in [0.25, 0.3) is 5.91 Å². The van der Waals surface area contributed by atoms with Crippen LogP contribution in [0.3, 0.4) is 0 Å². The van der Waals surface area contributed by atoms with Crippen molar-refractivity contribution in [3.63, 3.8) is 0 Å². The summed E-state index contributed by atoms with van der Waals surface area (Å²) in [7, 11) is 1.23. The maximum absolute atomic E-state index is 13.5. The number of hydroxylamine groups is 1. The molecule has 1 aliphatic heterocycles. The van der Waals surface area contributed by atoms with Gasteiger partial charge in [-0.2, -0.15) is 5.10 Å². The largest absolute Gasteiger partial charge is 0.379 e. The average Bonchev–Trinajstić information content (AvgIpc) is 3.52. The van der Waals surface area contributed by atoms with Crippen LogP contribution in [0.15, 0.2) is 85.2 Å². The van der Waals surface area contributed by atoms with Crippen LogP contribution in [-0.4, -0.2) is 76.7 Å². The topological polar surface area (TPSA) is 128 Å². The van der Waals surface area contributed by atoms with E-state index in [4.69, 9.17) is 4.74 Å². The van der Waals surface area contributed by atoms with Crippen LogP contribution in [0.25, 0.3) is 17.1 Å². The molecular weight excluding hydrogens is 536 g/mol. The van der Waals surface area contributed by atoms with E-state index in [1.54, 1.807) is 24.5 Å². The van der Waals surface area contributed by atoms with Crippen LogP contribution < -0.4 is 10.8 Å². The number of ketones is 1. The highest BCUT2D eigenvalue weighted by Gasteiger charge is 2.29. The normalized spacial score (nSPS) is 14.2. The third kappa shape index (κ3) is 7.13. The van der Waals surface area contributed by atoms with E-state index in [2.05, 4.69) is 37.3 Å². The van der Waals surface area contributed by atoms with Gasteiger partial charge in [-0.1, -0.05) is 54.6 Å². The molecule has 0 bridgehead atoms. The minimum absolute atomic E-state index is 0.117. The molecule has 0 spiro atoms. The van der Waals surface area contributed by atoms with E-state index >= 15 is 0 Å². The molecule has 3 heterocycles. The molecule has 0 saturated carbocycles. The van der Waals surface area contributed by atoms with Crippen LogP contribution in [0.5, 0.6) is 0 Å². The number of pyridine rings is 1. The molecule has 11 nitrogen and oxygen atoms in total. The second kappa shape index (κ2) is 13.8. The zero-order valence-corrected chi connectivity index (χ0v) is 23.2. The van der Waals surface area contributed by atoms with Crippen molar-refractivity contribution in [3.05, 3.63) is 102 Å². The molecule has 2 N–H and O–H groups in total. The maximum atomic E-state index is 13.5. The highest BCUT2D eigenvalue weighted by Crippen LogP contribution is 2.21. The predicted molar refractivity (Wildman–Crippen MR) is 154 cm³/mol. The molecule has 2 aromatic heterocycles. The van der Waals surface area contributed by atoms with E-state index in [1.165, 1.54) is 17.4 Å². The lowest BCUT2D eigenvalue weighted by atomic mass is 10.0. The molecule has 2 aromatic carbocycles. The van der Waals surface area contributed by atoms with Crippen LogP contribution >= 0.6 is 0 Å². The van der Waals surface area contributed by atoms with Gasteiger partial charge in [0.15, 0.2) is 5.82 Å². The molecule has 0 unspecified atom stereocenters. The molecule has 42 heavy (non-hydrogen) atoms. The zero-order valence-electron chi connectivity index (χ0n) is 23.2. The van der Waals surface area contributed by atoms with Crippen molar-refractivity contribution in [2.45, 2.75) is 19.0 Å². The number of nitrogens with zero attached hydrogens (tertiary/aromatic N) is 4. The third-order valence-corrected chi connectivity index (χ3v) is 6.92. The van der Waals surface area contributed by atoms with Crippen molar-refractivity contribution >= 4 is 17.6 Å². The summed E-state index contributed by atoms with van der Waals surface area (Å²) in [6.45, 7) is 4.24. The highest BCUT2D eigenvalue weighted by molar-refractivity contribution is 6.38. The molecule has 11 heteroatoms. The number of carbonyl (C=O) groups is 3. The van der Waals surface area contributed by atoms with E-state index in [0.29, 0.717) is 0 Å². The molecule has 0 aliphatic carbocycles. The number of ether oxygens (including phenoxy) is 1. The van der Waals surface area contributed by atoms with Crippen molar-refractivity contribution in [2.24, 2.45) is 0 Å². The molecule has 1 saturated heterocycles. The summed E-state index contributed by atoms with van der Waals surface area (Å²) in [6, 6.07) is 21.3. The van der Waals surface area contributed by atoms with Crippen LogP contribution in [-0.2, 0) is 32.1 Å². The maximum Gasteiger partial charge on any atom is 0.313 e. The summed E-state index contributed by atoms with van der Waals surface area (Å²) in [5.74, 6) is -2.07. The second-order valence-electron chi connectivity index (χ2n) is 9.82. The van der Waals surface area contributed by atoms with E-state index in [9.17, 15) is 14.4 Å². The first-order valence-corrected chi connectivity index (χ1v) is 13.6. The Morgan fingerprint density at radius 2 is 1.71 bits per heavy atom. The van der Waals surface area contributed by atoms with Gasteiger partial charge in [0.2, 0.25) is 5.78 Å². The lowest BCUT2D eigenvalue weighted by molar-refractivity contribution is -0.145. The lowest BCUT2D eigenvalue weighted by Gasteiger charge is -2.26. The van der Waals surface area contributed by atoms with Gasteiger partial charge in [-0.25, -0.2) is 15.1 Å². The Hall–Kier alpha value is -4.71. The number of hydrogen-bond donors (Lipinski definition) is 2. The van der Waals surface area contributed by atoms with Crippen LogP contribution in [0.2, 0.25) is 0 Å². The minimum atomic E-state index is -1.13. The molecule has 0 radical (unpaired) electrons. The molecule has 5 rings (SSSR count). The standard InChI is InChI=1S/C31H32N6O5/c1-41-35-31(40)28(38)27(20-22-6-3-2-4-7-22)33-30(39)25-8-5-14-32-29(25)37-15-13-26(34-37)24-11-9-23(10-12-24)21-36-16-18-42-19-17-36/h2-15,27H,16-21H2,1H3,(H,33,39)(H,35,40)/t27-/m1/s1. The van der Waals surface area contributed by atoms with Gasteiger partial charge < -0.3 is 10.1 Å². The van der Waals surface area contributed by atoms with Gasteiger partial charge in [0.1, 0.15) is 6.04 Å².